The van der Waals surface area contributed by atoms with E-state index in [9.17, 15) is 0 Å². The standard InChI is InChI=1S/C16H32N2O/c1-13(2)11-18(16-6-4-5-7-16)14(3)10-15-12-19-9-8-17-15/h13-17H,4-12H2,1-3H3. The first kappa shape index (κ1) is 15.3. The number of hydrogen-bond donors (Lipinski definition) is 1. The summed E-state index contributed by atoms with van der Waals surface area (Å²) in [5.41, 5.74) is 0. The van der Waals surface area contributed by atoms with Gasteiger partial charge in [-0.25, -0.2) is 0 Å². The van der Waals surface area contributed by atoms with E-state index in [0.29, 0.717) is 12.1 Å². The molecular weight excluding hydrogens is 236 g/mol. The number of nitrogens with one attached hydrogen (secondary N) is 1. The summed E-state index contributed by atoms with van der Waals surface area (Å²) in [4.78, 5) is 2.79. The van der Waals surface area contributed by atoms with Crippen molar-refractivity contribution in [2.45, 2.75) is 71.0 Å². The Hall–Kier alpha value is -0.120. The molecule has 2 atom stereocenters. The molecule has 1 heterocycles. The molecule has 3 heteroatoms. The summed E-state index contributed by atoms with van der Waals surface area (Å²) in [6, 6.07) is 2.06. The molecule has 2 unspecified atom stereocenters. The predicted molar refractivity (Wildman–Crippen MR) is 80.5 cm³/mol. The van der Waals surface area contributed by atoms with Crippen LogP contribution in [0, 0.1) is 5.92 Å². The van der Waals surface area contributed by atoms with Gasteiger partial charge in [0.2, 0.25) is 0 Å². The highest BCUT2D eigenvalue weighted by Crippen LogP contribution is 2.27. The summed E-state index contributed by atoms with van der Waals surface area (Å²) in [6.45, 7) is 11.1. The largest absolute Gasteiger partial charge is 0.379 e. The molecule has 0 amide bonds. The average molecular weight is 268 g/mol. The maximum atomic E-state index is 5.59. The van der Waals surface area contributed by atoms with Crippen molar-refractivity contribution in [1.29, 1.82) is 0 Å². The second-order valence-corrected chi connectivity index (χ2v) is 6.84. The lowest BCUT2D eigenvalue weighted by atomic mass is 10.0. The lowest BCUT2D eigenvalue weighted by molar-refractivity contribution is 0.0522. The molecule has 19 heavy (non-hydrogen) atoms. The Morgan fingerprint density at radius 1 is 1.21 bits per heavy atom. The second-order valence-electron chi connectivity index (χ2n) is 6.84. The van der Waals surface area contributed by atoms with Crippen LogP contribution >= 0.6 is 0 Å². The molecule has 112 valence electrons. The van der Waals surface area contributed by atoms with Gasteiger partial charge in [-0.05, 0) is 32.1 Å². The highest BCUT2D eigenvalue weighted by Gasteiger charge is 2.28. The molecule has 2 rings (SSSR count). The van der Waals surface area contributed by atoms with Crippen LogP contribution in [0.3, 0.4) is 0 Å². The number of ether oxygens (including phenoxy) is 1. The van der Waals surface area contributed by atoms with E-state index in [-0.39, 0.29) is 0 Å². The number of nitrogens with zero attached hydrogens (tertiary/aromatic N) is 1. The molecule has 2 aliphatic rings. The quantitative estimate of drug-likeness (QED) is 0.801. The van der Waals surface area contributed by atoms with Gasteiger partial charge in [-0.3, -0.25) is 4.90 Å². The van der Waals surface area contributed by atoms with Crippen molar-refractivity contribution < 1.29 is 4.74 Å². The van der Waals surface area contributed by atoms with Crippen LogP contribution in [-0.2, 0) is 4.74 Å². The van der Waals surface area contributed by atoms with E-state index in [4.69, 9.17) is 4.74 Å². The van der Waals surface area contributed by atoms with Gasteiger partial charge in [-0.2, -0.15) is 0 Å². The van der Waals surface area contributed by atoms with Gasteiger partial charge >= 0.3 is 0 Å². The third-order valence-electron chi connectivity index (χ3n) is 4.56. The van der Waals surface area contributed by atoms with Crippen LogP contribution in [0.25, 0.3) is 0 Å². The van der Waals surface area contributed by atoms with Crippen LogP contribution in [-0.4, -0.2) is 49.3 Å². The van der Waals surface area contributed by atoms with Gasteiger partial charge in [0.1, 0.15) is 0 Å². The van der Waals surface area contributed by atoms with Crippen LogP contribution in [0.4, 0.5) is 0 Å². The predicted octanol–water partition coefficient (Wildman–Crippen LogP) is 2.65. The van der Waals surface area contributed by atoms with E-state index < -0.39 is 0 Å². The van der Waals surface area contributed by atoms with Gasteiger partial charge in [-0.15, -0.1) is 0 Å². The molecule has 0 aromatic carbocycles. The highest BCUT2D eigenvalue weighted by molar-refractivity contribution is 4.85. The zero-order valence-corrected chi connectivity index (χ0v) is 13.0. The van der Waals surface area contributed by atoms with Crippen molar-refractivity contribution in [2.24, 2.45) is 5.92 Å². The van der Waals surface area contributed by atoms with Crippen LogP contribution in [0.2, 0.25) is 0 Å². The third kappa shape index (κ3) is 4.73. The smallest absolute Gasteiger partial charge is 0.0620 e. The van der Waals surface area contributed by atoms with Gasteiger partial charge in [0.25, 0.3) is 0 Å². The van der Waals surface area contributed by atoms with E-state index in [0.717, 1.165) is 31.7 Å². The van der Waals surface area contributed by atoms with Crippen molar-refractivity contribution in [2.75, 3.05) is 26.3 Å². The minimum Gasteiger partial charge on any atom is -0.379 e. The van der Waals surface area contributed by atoms with Crippen molar-refractivity contribution in [3.05, 3.63) is 0 Å². The molecule has 1 saturated heterocycles. The van der Waals surface area contributed by atoms with Crippen molar-refractivity contribution in [1.82, 2.24) is 10.2 Å². The third-order valence-corrected chi connectivity index (χ3v) is 4.56. The SMILES string of the molecule is CC(C)CN(C(C)CC1COCCN1)C1CCCC1. The summed E-state index contributed by atoms with van der Waals surface area (Å²) in [5.74, 6) is 0.763. The maximum absolute atomic E-state index is 5.59. The van der Waals surface area contributed by atoms with Crippen molar-refractivity contribution >= 4 is 0 Å². The van der Waals surface area contributed by atoms with Crippen LogP contribution < -0.4 is 5.32 Å². The van der Waals surface area contributed by atoms with E-state index in [2.05, 4.69) is 31.0 Å². The summed E-state index contributed by atoms with van der Waals surface area (Å²) < 4.78 is 5.59. The molecule has 0 bridgehead atoms. The Labute approximate surface area is 119 Å². The minimum atomic E-state index is 0.555. The first-order valence-corrected chi connectivity index (χ1v) is 8.23. The van der Waals surface area contributed by atoms with Crippen LogP contribution in [0.1, 0.15) is 52.9 Å². The molecule has 0 aromatic heterocycles. The molecule has 0 radical (unpaired) electrons. The van der Waals surface area contributed by atoms with Crippen molar-refractivity contribution in [3.63, 3.8) is 0 Å². The second kappa shape index (κ2) is 7.61. The molecule has 2 fully saturated rings. The summed E-state index contributed by atoms with van der Waals surface area (Å²) >= 11 is 0. The van der Waals surface area contributed by atoms with Gasteiger partial charge in [-0.1, -0.05) is 26.7 Å². The van der Waals surface area contributed by atoms with E-state index in [1.165, 1.54) is 38.6 Å². The highest BCUT2D eigenvalue weighted by atomic mass is 16.5. The summed E-state index contributed by atoms with van der Waals surface area (Å²) in [6.07, 6.45) is 6.90. The molecule has 1 saturated carbocycles. The molecule has 1 N–H and O–H groups in total. The van der Waals surface area contributed by atoms with Gasteiger partial charge in [0, 0.05) is 31.2 Å². The van der Waals surface area contributed by atoms with Gasteiger partial charge < -0.3 is 10.1 Å². The number of hydrogen-bond acceptors (Lipinski definition) is 3. The van der Waals surface area contributed by atoms with E-state index >= 15 is 0 Å². The molecular formula is C16H32N2O. The zero-order chi connectivity index (χ0) is 13.7. The zero-order valence-electron chi connectivity index (χ0n) is 13.0. The topological polar surface area (TPSA) is 24.5 Å². The first-order valence-electron chi connectivity index (χ1n) is 8.23. The Morgan fingerprint density at radius 2 is 1.95 bits per heavy atom. The first-order chi connectivity index (χ1) is 9.16. The monoisotopic (exact) mass is 268 g/mol. The Morgan fingerprint density at radius 3 is 2.53 bits per heavy atom. The fourth-order valence-corrected chi connectivity index (χ4v) is 3.66. The van der Waals surface area contributed by atoms with E-state index in [1.807, 2.05) is 0 Å². The molecule has 1 aliphatic heterocycles. The van der Waals surface area contributed by atoms with Crippen molar-refractivity contribution in [3.8, 4) is 0 Å². The summed E-state index contributed by atoms with van der Waals surface area (Å²) in [5, 5.41) is 3.60. The molecule has 0 aromatic rings. The fraction of sp³-hybridized carbons (Fsp3) is 1.00. The molecule has 3 nitrogen and oxygen atoms in total. The van der Waals surface area contributed by atoms with Gasteiger partial charge in [0.15, 0.2) is 0 Å². The number of morpholine rings is 1. The Bertz CT molecular complexity index is 245. The van der Waals surface area contributed by atoms with Crippen LogP contribution in [0.15, 0.2) is 0 Å². The minimum absolute atomic E-state index is 0.555. The molecule has 0 spiro atoms. The maximum Gasteiger partial charge on any atom is 0.0620 e. The fourth-order valence-electron chi connectivity index (χ4n) is 3.66. The normalized spacial score (nSPS) is 27.3. The van der Waals surface area contributed by atoms with Gasteiger partial charge in [0.05, 0.1) is 13.2 Å². The molecule has 1 aliphatic carbocycles. The Kier molecular flexibility index (Phi) is 6.11. The average Bonchev–Trinajstić information content (AvgIpc) is 2.90. The number of rotatable bonds is 6. The lowest BCUT2D eigenvalue weighted by Crippen LogP contribution is -2.49. The Balaban J connectivity index is 1.87. The van der Waals surface area contributed by atoms with E-state index in [1.54, 1.807) is 0 Å². The van der Waals surface area contributed by atoms with Crippen LogP contribution in [0.5, 0.6) is 0 Å². The lowest BCUT2D eigenvalue weighted by Gasteiger charge is -2.38. The summed E-state index contributed by atoms with van der Waals surface area (Å²) in [7, 11) is 0.